The molecular formula is C12H17N. The second-order valence-corrected chi connectivity index (χ2v) is 2.41. The maximum absolute atomic E-state index is 3.73. The number of allylic oxidation sites excluding steroid dienone is 5. The van der Waals surface area contributed by atoms with Crippen LogP contribution in [0.25, 0.3) is 0 Å². The van der Waals surface area contributed by atoms with Crippen molar-refractivity contribution in [3.05, 3.63) is 61.4 Å². The second kappa shape index (κ2) is 7.17. The van der Waals surface area contributed by atoms with Gasteiger partial charge in [0.25, 0.3) is 0 Å². The lowest BCUT2D eigenvalue weighted by molar-refractivity contribution is 0.869. The summed E-state index contributed by atoms with van der Waals surface area (Å²) < 4.78 is 0. The second-order valence-electron chi connectivity index (χ2n) is 2.41. The molecule has 0 bridgehead atoms. The SMILES string of the molecule is C=C/C=C(C=C)\C(=C/C=C)NCC. The Balaban J connectivity index is 4.78. The zero-order chi connectivity index (χ0) is 10.1. The number of nitrogens with one attached hydrogen (secondary N) is 1. The van der Waals surface area contributed by atoms with Crippen molar-refractivity contribution < 1.29 is 0 Å². The summed E-state index contributed by atoms with van der Waals surface area (Å²) in [6.45, 7) is 14.0. The summed E-state index contributed by atoms with van der Waals surface area (Å²) in [5, 5.41) is 3.22. The molecule has 0 rings (SSSR count). The largest absolute Gasteiger partial charge is 0.385 e. The normalized spacial score (nSPS) is 12.1. The van der Waals surface area contributed by atoms with Crippen molar-refractivity contribution in [2.75, 3.05) is 6.54 Å². The van der Waals surface area contributed by atoms with Crippen molar-refractivity contribution in [1.82, 2.24) is 5.32 Å². The van der Waals surface area contributed by atoms with Gasteiger partial charge in [0.1, 0.15) is 0 Å². The smallest absolute Gasteiger partial charge is 0.0413 e. The summed E-state index contributed by atoms with van der Waals surface area (Å²) >= 11 is 0. The average Bonchev–Trinajstić information content (AvgIpc) is 2.14. The van der Waals surface area contributed by atoms with Gasteiger partial charge in [0.15, 0.2) is 0 Å². The summed E-state index contributed by atoms with van der Waals surface area (Å²) in [7, 11) is 0. The van der Waals surface area contributed by atoms with Crippen molar-refractivity contribution in [2.24, 2.45) is 0 Å². The first-order valence-corrected chi connectivity index (χ1v) is 4.32. The topological polar surface area (TPSA) is 12.0 Å². The van der Waals surface area contributed by atoms with Crippen molar-refractivity contribution >= 4 is 0 Å². The van der Waals surface area contributed by atoms with E-state index in [1.54, 1.807) is 18.2 Å². The highest BCUT2D eigenvalue weighted by molar-refractivity contribution is 5.41. The van der Waals surface area contributed by atoms with E-state index in [2.05, 4.69) is 25.1 Å². The summed E-state index contributed by atoms with van der Waals surface area (Å²) in [5.41, 5.74) is 2.05. The number of likely N-dealkylation sites (N-methyl/N-ethyl adjacent to an activating group) is 1. The third-order valence-electron chi connectivity index (χ3n) is 1.48. The molecule has 13 heavy (non-hydrogen) atoms. The Hall–Kier alpha value is -1.50. The average molecular weight is 175 g/mol. The molecular weight excluding hydrogens is 158 g/mol. The van der Waals surface area contributed by atoms with Gasteiger partial charge in [-0.15, -0.1) is 0 Å². The minimum atomic E-state index is 0.877. The Morgan fingerprint density at radius 1 is 1.15 bits per heavy atom. The Labute approximate surface area is 80.9 Å². The van der Waals surface area contributed by atoms with Gasteiger partial charge in [0.2, 0.25) is 0 Å². The highest BCUT2D eigenvalue weighted by Crippen LogP contribution is 2.07. The van der Waals surface area contributed by atoms with Crippen LogP contribution in [0.15, 0.2) is 61.4 Å². The fraction of sp³-hybridized carbons (Fsp3) is 0.167. The lowest BCUT2D eigenvalue weighted by Crippen LogP contribution is -2.13. The van der Waals surface area contributed by atoms with E-state index in [1.165, 1.54) is 0 Å². The minimum absolute atomic E-state index is 0.877. The van der Waals surface area contributed by atoms with Crippen LogP contribution in [0, 0.1) is 0 Å². The predicted molar refractivity (Wildman–Crippen MR) is 60.4 cm³/mol. The molecule has 0 aliphatic carbocycles. The fourth-order valence-electron chi connectivity index (χ4n) is 0.960. The molecule has 0 aromatic carbocycles. The molecule has 1 N–H and O–H groups in total. The Kier molecular flexibility index (Phi) is 6.34. The molecule has 0 aliphatic rings. The standard InChI is InChI=1S/C12H17N/c1-5-9-11(7-3)12(10-6-2)13-8-4/h5-7,9-10,13H,1-3,8H2,4H3/b11-9-,12-10+. The lowest BCUT2D eigenvalue weighted by Gasteiger charge is -2.08. The quantitative estimate of drug-likeness (QED) is 0.612. The van der Waals surface area contributed by atoms with E-state index in [4.69, 9.17) is 0 Å². The lowest BCUT2D eigenvalue weighted by atomic mass is 10.1. The summed E-state index contributed by atoms with van der Waals surface area (Å²) in [6.07, 6.45) is 9.11. The van der Waals surface area contributed by atoms with Gasteiger partial charge in [-0.05, 0) is 18.6 Å². The van der Waals surface area contributed by atoms with Crippen LogP contribution in [-0.4, -0.2) is 6.54 Å². The van der Waals surface area contributed by atoms with Crippen LogP contribution in [0.1, 0.15) is 6.92 Å². The molecule has 0 radical (unpaired) electrons. The zero-order valence-electron chi connectivity index (χ0n) is 8.22. The maximum Gasteiger partial charge on any atom is 0.0413 e. The molecule has 0 saturated carbocycles. The van der Waals surface area contributed by atoms with Gasteiger partial charge in [0, 0.05) is 12.2 Å². The Morgan fingerprint density at radius 3 is 2.15 bits per heavy atom. The molecule has 0 spiro atoms. The van der Waals surface area contributed by atoms with Gasteiger partial charge < -0.3 is 5.32 Å². The molecule has 0 aliphatic heterocycles. The number of rotatable bonds is 6. The summed E-state index contributed by atoms with van der Waals surface area (Å²) in [4.78, 5) is 0. The molecule has 0 atom stereocenters. The molecule has 1 heteroatoms. The maximum atomic E-state index is 3.73. The van der Waals surface area contributed by atoms with E-state index in [0.717, 1.165) is 17.8 Å². The first kappa shape index (κ1) is 11.5. The molecule has 0 fully saturated rings. The number of hydrogen-bond donors (Lipinski definition) is 1. The highest BCUT2D eigenvalue weighted by atomic mass is 14.9. The first-order chi connectivity index (χ1) is 6.29. The predicted octanol–water partition coefficient (Wildman–Crippen LogP) is 2.96. The molecule has 0 heterocycles. The minimum Gasteiger partial charge on any atom is -0.385 e. The van der Waals surface area contributed by atoms with Gasteiger partial charge in [-0.3, -0.25) is 0 Å². The Bertz CT molecular complexity index is 244. The van der Waals surface area contributed by atoms with Crippen molar-refractivity contribution in [3.63, 3.8) is 0 Å². The van der Waals surface area contributed by atoms with Gasteiger partial charge >= 0.3 is 0 Å². The summed E-state index contributed by atoms with van der Waals surface area (Å²) in [6, 6.07) is 0. The van der Waals surface area contributed by atoms with Crippen LogP contribution in [0.2, 0.25) is 0 Å². The molecule has 0 aromatic heterocycles. The van der Waals surface area contributed by atoms with E-state index < -0.39 is 0 Å². The third kappa shape index (κ3) is 4.16. The molecule has 0 unspecified atom stereocenters. The van der Waals surface area contributed by atoms with Crippen LogP contribution in [0.4, 0.5) is 0 Å². The highest BCUT2D eigenvalue weighted by Gasteiger charge is 1.96. The van der Waals surface area contributed by atoms with Crippen molar-refractivity contribution in [3.8, 4) is 0 Å². The van der Waals surface area contributed by atoms with Crippen LogP contribution in [-0.2, 0) is 0 Å². The third-order valence-corrected chi connectivity index (χ3v) is 1.48. The zero-order valence-corrected chi connectivity index (χ0v) is 8.22. The van der Waals surface area contributed by atoms with E-state index in [9.17, 15) is 0 Å². The molecule has 0 saturated heterocycles. The van der Waals surface area contributed by atoms with Gasteiger partial charge in [-0.1, -0.05) is 44.0 Å². The van der Waals surface area contributed by atoms with Crippen LogP contribution in [0.5, 0.6) is 0 Å². The van der Waals surface area contributed by atoms with Crippen LogP contribution in [0.3, 0.4) is 0 Å². The molecule has 1 nitrogen and oxygen atoms in total. The van der Waals surface area contributed by atoms with Gasteiger partial charge in [-0.25, -0.2) is 0 Å². The Morgan fingerprint density at radius 2 is 1.77 bits per heavy atom. The first-order valence-electron chi connectivity index (χ1n) is 4.32. The van der Waals surface area contributed by atoms with E-state index in [-0.39, 0.29) is 0 Å². The van der Waals surface area contributed by atoms with Crippen molar-refractivity contribution in [1.29, 1.82) is 0 Å². The van der Waals surface area contributed by atoms with Crippen molar-refractivity contribution in [2.45, 2.75) is 6.92 Å². The molecule has 0 aromatic rings. The van der Waals surface area contributed by atoms with Crippen LogP contribution >= 0.6 is 0 Å². The fourth-order valence-corrected chi connectivity index (χ4v) is 0.960. The monoisotopic (exact) mass is 175 g/mol. The van der Waals surface area contributed by atoms with E-state index in [1.807, 2.05) is 19.1 Å². The summed E-state index contributed by atoms with van der Waals surface area (Å²) in [5.74, 6) is 0. The van der Waals surface area contributed by atoms with E-state index in [0.29, 0.717) is 0 Å². The van der Waals surface area contributed by atoms with E-state index >= 15 is 0 Å². The number of hydrogen-bond acceptors (Lipinski definition) is 1. The molecule has 70 valence electrons. The molecule has 0 amide bonds. The van der Waals surface area contributed by atoms with Gasteiger partial charge in [-0.2, -0.15) is 0 Å². The van der Waals surface area contributed by atoms with Crippen LogP contribution < -0.4 is 5.32 Å². The van der Waals surface area contributed by atoms with Gasteiger partial charge in [0.05, 0.1) is 0 Å².